The number of aromatic nitrogens is 2. The van der Waals surface area contributed by atoms with Crippen molar-refractivity contribution in [1.29, 1.82) is 0 Å². The first-order chi connectivity index (χ1) is 12.8. The fraction of sp³-hybridized carbons (Fsp3) is 0.294. The minimum Gasteiger partial charge on any atom is -0.385 e. The van der Waals surface area contributed by atoms with Gasteiger partial charge in [0, 0.05) is 18.1 Å². The number of alkyl halides is 2. The number of halogens is 3. The zero-order valence-corrected chi connectivity index (χ0v) is 13.9. The number of ketones is 1. The molecule has 0 fully saturated rings. The lowest BCUT2D eigenvalue weighted by molar-refractivity contribution is -0.0146. The lowest BCUT2D eigenvalue weighted by atomic mass is 9.88. The van der Waals surface area contributed by atoms with Crippen LogP contribution in [0.15, 0.2) is 40.1 Å². The maximum absolute atomic E-state index is 14.4. The number of Topliss-reactive ketones (excluding diaryl/α,β-unsaturated/α-hetero) is 1. The molecule has 1 aromatic carbocycles. The van der Waals surface area contributed by atoms with E-state index in [0.717, 1.165) is 18.2 Å². The number of ether oxygens (including phenoxy) is 1. The summed E-state index contributed by atoms with van der Waals surface area (Å²) in [6.45, 7) is -0.659. The molecule has 0 unspecified atom stereocenters. The number of nitrogens with one attached hydrogen (secondary N) is 1. The van der Waals surface area contributed by atoms with Crippen LogP contribution < -0.4 is 11.3 Å². The van der Waals surface area contributed by atoms with Gasteiger partial charge in [0.05, 0.1) is 6.61 Å². The number of H-pyrrole nitrogens is 1. The second kappa shape index (κ2) is 7.31. The minimum atomic E-state index is -3.07. The first kappa shape index (κ1) is 18.8. The van der Waals surface area contributed by atoms with Crippen LogP contribution in [-0.4, -0.2) is 41.5 Å². The summed E-state index contributed by atoms with van der Waals surface area (Å²) >= 11 is 0. The molecule has 0 spiro atoms. The Morgan fingerprint density at radius 2 is 2.11 bits per heavy atom. The molecule has 0 amide bonds. The van der Waals surface area contributed by atoms with Crippen molar-refractivity contribution in [3.8, 4) is 0 Å². The highest BCUT2D eigenvalue weighted by molar-refractivity contribution is 5.95. The number of nitrogens with zero attached hydrogens (tertiary/aromatic N) is 2. The average molecular weight is 380 g/mol. The molecule has 27 heavy (non-hydrogen) atoms. The third-order valence-electron chi connectivity index (χ3n) is 4.10. The van der Waals surface area contributed by atoms with Crippen molar-refractivity contribution in [3.63, 3.8) is 0 Å². The Morgan fingerprint density at radius 1 is 1.33 bits per heavy atom. The van der Waals surface area contributed by atoms with Gasteiger partial charge in [-0.2, -0.15) is 5.10 Å². The van der Waals surface area contributed by atoms with Crippen LogP contribution in [0.4, 0.5) is 13.2 Å². The fourth-order valence-corrected chi connectivity index (χ4v) is 2.79. The average Bonchev–Trinajstić information content (AvgIpc) is 2.63. The molecule has 0 saturated carbocycles. The van der Waals surface area contributed by atoms with Gasteiger partial charge in [0.2, 0.25) is 0 Å². The number of carbonyl (C=O) groups is 1. The fourth-order valence-electron chi connectivity index (χ4n) is 2.79. The number of hydrogen-bond acceptors (Lipinski definition) is 6. The summed E-state index contributed by atoms with van der Waals surface area (Å²) in [7, 11) is 0. The Morgan fingerprint density at radius 3 is 2.74 bits per heavy atom. The maximum Gasteiger partial charge on any atom is 0.269 e. The number of hydrogen-bond donors (Lipinski definition) is 2. The zero-order chi connectivity index (χ0) is 19.6. The third-order valence-corrected chi connectivity index (χ3v) is 4.10. The van der Waals surface area contributed by atoms with Gasteiger partial charge >= 0.3 is 0 Å². The van der Waals surface area contributed by atoms with Crippen LogP contribution in [-0.2, 0) is 16.7 Å². The number of nitrogens with two attached hydrogens (primary N) is 1. The quantitative estimate of drug-likeness (QED) is 0.757. The summed E-state index contributed by atoms with van der Waals surface area (Å²) in [6, 6.07) is 5.82. The SMILES string of the molecule is NC1=N[C@@](c2cc(CC(=O)c3ccc(=O)[nH]n3)ccc2F)(C(F)F)COC1. The topological polar surface area (TPSA) is 110 Å². The molecule has 0 radical (unpaired) electrons. The van der Waals surface area contributed by atoms with Gasteiger partial charge in [-0.15, -0.1) is 0 Å². The van der Waals surface area contributed by atoms with Crippen molar-refractivity contribution in [2.45, 2.75) is 18.4 Å². The van der Waals surface area contributed by atoms with Crippen LogP contribution in [0.2, 0.25) is 0 Å². The second-order valence-corrected chi connectivity index (χ2v) is 6.04. The van der Waals surface area contributed by atoms with Crippen LogP contribution in [0.3, 0.4) is 0 Å². The Kier molecular flexibility index (Phi) is 5.08. The summed E-state index contributed by atoms with van der Waals surface area (Å²) in [5.41, 5.74) is 2.65. The molecule has 3 N–H and O–H groups in total. The van der Waals surface area contributed by atoms with Gasteiger partial charge in [0.1, 0.15) is 24.0 Å². The number of carbonyl (C=O) groups excluding carboxylic acids is 1. The molecule has 1 aliphatic rings. The Bertz CT molecular complexity index is 940. The summed E-state index contributed by atoms with van der Waals surface area (Å²) in [5.74, 6) is -1.55. The highest BCUT2D eigenvalue weighted by Gasteiger charge is 2.46. The lowest BCUT2D eigenvalue weighted by Gasteiger charge is -2.33. The van der Waals surface area contributed by atoms with E-state index in [-0.39, 0.29) is 30.1 Å². The molecule has 10 heteroatoms. The summed E-state index contributed by atoms with van der Waals surface area (Å²) in [5, 5.41) is 5.75. The van der Waals surface area contributed by atoms with Gasteiger partial charge in [-0.25, -0.2) is 18.3 Å². The van der Waals surface area contributed by atoms with Crippen LogP contribution in [0.5, 0.6) is 0 Å². The summed E-state index contributed by atoms with van der Waals surface area (Å²) in [6.07, 6.45) is -3.30. The Hall–Kier alpha value is -3.01. The standard InChI is InChI=1S/C17H15F3N4O3/c18-11-2-1-9(6-13(25)12-3-4-15(26)24-23-12)5-10(11)17(16(19)20)8-27-7-14(21)22-17/h1-5,16H,6-8H2,(H2,21,22)(H,24,26)/t17-/m0/s1. The van der Waals surface area contributed by atoms with E-state index < -0.39 is 41.3 Å². The molecular weight excluding hydrogens is 365 g/mol. The molecule has 1 atom stereocenters. The summed E-state index contributed by atoms with van der Waals surface area (Å²) in [4.78, 5) is 27.0. The molecule has 1 aliphatic heterocycles. The maximum atomic E-state index is 14.4. The van der Waals surface area contributed by atoms with Crippen molar-refractivity contribution < 1.29 is 22.7 Å². The Labute approximate surface area is 151 Å². The molecule has 142 valence electrons. The van der Waals surface area contributed by atoms with Crippen LogP contribution in [0, 0.1) is 5.82 Å². The van der Waals surface area contributed by atoms with E-state index in [9.17, 15) is 22.8 Å². The summed E-state index contributed by atoms with van der Waals surface area (Å²) < 4.78 is 47.0. The molecule has 3 rings (SSSR count). The highest BCUT2D eigenvalue weighted by Crippen LogP contribution is 2.37. The molecule has 0 aliphatic carbocycles. The number of aliphatic imine (C=N–C) groups is 1. The molecule has 2 heterocycles. The number of benzene rings is 1. The zero-order valence-electron chi connectivity index (χ0n) is 13.9. The molecular formula is C17H15F3N4O3. The van der Waals surface area contributed by atoms with Crippen LogP contribution in [0.1, 0.15) is 21.6 Å². The highest BCUT2D eigenvalue weighted by atomic mass is 19.3. The van der Waals surface area contributed by atoms with Gasteiger partial charge in [-0.3, -0.25) is 14.6 Å². The molecule has 0 bridgehead atoms. The number of amidine groups is 1. The normalized spacial score (nSPS) is 19.8. The second-order valence-electron chi connectivity index (χ2n) is 6.04. The van der Waals surface area contributed by atoms with E-state index in [1.54, 1.807) is 0 Å². The third kappa shape index (κ3) is 3.75. The largest absolute Gasteiger partial charge is 0.385 e. The monoisotopic (exact) mass is 380 g/mol. The van der Waals surface area contributed by atoms with E-state index in [2.05, 4.69) is 15.2 Å². The van der Waals surface area contributed by atoms with Gasteiger partial charge in [-0.05, 0) is 23.8 Å². The molecule has 0 saturated heterocycles. The van der Waals surface area contributed by atoms with Gasteiger partial charge in [0.15, 0.2) is 11.3 Å². The van der Waals surface area contributed by atoms with Crippen molar-refractivity contribution in [1.82, 2.24) is 10.2 Å². The van der Waals surface area contributed by atoms with Crippen molar-refractivity contribution in [2.75, 3.05) is 13.2 Å². The van der Waals surface area contributed by atoms with E-state index in [1.165, 1.54) is 12.1 Å². The van der Waals surface area contributed by atoms with Crippen molar-refractivity contribution >= 4 is 11.6 Å². The van der Waals surface area contributed by atoms with Crippen LogP contribution in [0.25, 0.3) is 0 Å². The smallest absolute Gasteiger partial charge is 0.269 e. The minimum absolute atomic E-state index is 0.00712. The lowest BCUT2D eigenvalue weighted by Crippen LogP contribution is -2.45. The molecule has 1 aromatic heterocycles. The van der Waals surface area contributed by atoms with E-state index in [4.69, 9.17) is 10.5 Å². The van der Waals surface area contributed by atoms with Gasteiger partial charge in [-0.1, -0.05) is 6.07 Å². The van der Waals surface area contributed by atoms with E-state index in [1.807, 2.05) is 0 Å². The number of rotatable bonds is 5. The first-order valence-electron chi connectivity index (χ1n) is 7.90. The molecule has 2 aromatic rings. The predicted molar refractivity (Wildman–Crippen MR) is 89.4 cm³/mol. The van der Waals surface area contributed by atoms with E-state index in [0.29, 0.717) is 0 Å². The first-order valence-corrected chi connectivity index (χ1v) is 7.90. The van der Waals surface area contributed by atoms with Gasteiger partial charge in [0.25, 0.3) is 12.0 Å². The Balaban J connectivity index is 1.96. The van der Waals surface area contributed by atoms with Gasteiger partial charge < -0.3 is 10.5 Å². The predicted octanol–water partition coefficient (Wildman–Crippen LogP) is 1.18. The molecule has 7 nitrogen and oxygen atoms in total. The van der Waals surface area contributed by atoms with Crippen molar-refractivity contribution in [3.05, 3.63) is 63.3 Å². The van der Waals surface area contributed by atoms with E-state index >= 15 is 0 Å². The van der Waals surface area contributed by atoms with Crippen LogP contribution >= 0.6 is 0 Å². The van der Waals surface area contributed by atoms with Crippen molar-refractivity contribution in [2.24, 2.45) is 10.7 Å². The number of aromatic amines is 1.